The van der Waals surface area contributed by atoms with E-state index >= 15 is 0 Å². The van der Waals surface area contributed by atoms with Crippen LogP contribution >= 0.6 is 0 Å². The van der Waals surface area contributed by atoms with Crippen LogP contribution in [0.25, 0.3) is 11.3 Å². The first kappa shape index (κ1) is 22.7. The SMILES string of the molecule is C=CC(=O)N1CC(C2CCNc3c(C(N)=O)c(-c4ccc(OCCc5ccccc5)cc4)nn32)C1. The molecule has 0 saturated carbocycles. The van der Waals surface area contributed by atoms with Crippen LogP contribution in [0.3, 0.4) is 0 Å². The number of nitrogens with one attached hydrogen (secondary N) is 1. The van der Waals surface area contributed by atoms with Crippen molar-refractivity contribution >= 4 is 17.6 Å². The molecule has 35 heavy (non-hydrogen) atoms. The molecule has 8 nitrogen and oxygen atoms in total. The van der Waals surface area contributed by atoms with Gasteiger partial charge in [0, 0.05) is 37.5 Å². The second-order valence-electron chi connectivity index (χ2n) is 8.98. The largest absolute Gasteiger partial charge is 0.493 e. The minimum absolute atomic E-state index is 0.0551. The van der Waals surface area contributed by atoms with Gasteiger partial charge in [0.05, 0.1) is 12.6 Å². The zero-order valence-corrected chi connectivity index (χ0v) is 19.5. The molecule has 2 aliphatic rings. The molecule has 3 heterocycles. The summed E-state index contributed by atoms with van der Waals surface area (Å²) < 4.78 is 7.79. The highest BCUT2D eigenvalue weighted by atomic mass is 16.5. The van der Waals surface area contributed by atoms with Crippen molar-refractivity contribution in [2.24, 2.45) is 11.7 Å². The van der Waals surface area contributed by atoms with E-state index in [1.165, 1.54) is 11.6 Å². The Labute approximate surface area is 204 Å². The number of fused-ring (bicyclic) bond motifs is 1. The van der Waals surface area contributed by atoms with E-state index in [0.717, 1.165) is 30.7 Å². The number of aromatic nitrogens is 2. The number of likely N-dealkylation sites (tertiary alicyclic amines) is 1. The Hall–Kier alpha value is -4.07. The second kappa shape index (κ2) is 9.66. The Kier molecular flexibility index (Phi) is 6.27. The van der Waals surface area contributed by atoms with Crippen LogP contribution in [-0.2, 0) is 11.2 Å². The first-order valence-corrected chi connectivity index (χ1v) is 11.9. The number of hydrogen-bond acceptors (Lipinski definition) is 5. The maximum absolute atomic E-state index is 12.5. The van der Waals surface area contributed by atoms with Gasteiger partial charge in [0.15, 0.2) is 0 Å². The number of anilines is 1. The molecule has 1 saturated heterocycles. The molecule has 3 N–H and O–H groups in total. The summed E-state index contributed by atoms with van der Waals surface area (Å²) in [5, 5.41) is 8.15. The third kappa shape index (κ3) is 4.51. The molecule has 0 radical (unpaired) electrons. The summed E-state index contributed by atoms with van der Waals surface area (Å²) in [5.74, 6) is 1.11. The number of nitrogens with two attached hydrogens (primary N) is 1. The van der Waals surface area contributed by atoms with Gasteiger partial charge in [-0.2, -0.15) is 5.10 Å². The van der Waals surface area contributed by atoms with Gasteiger partial charge in [0.25, 0.3) is 5.91 Å². The molecule has 1 unspecified atom stereocenters. The van der Waals surface area contributed by atoms with Gasteiger partial charge in [-0.05, 0) is 42.3 Å². The molecule has 2 amide bonds. The fraction of sp³-hybridized carbons (Fsp3) is 0.296. The smallest absolute Gasteiger partial charge is 0.254 e. The van der Waals surface area contributed by atoms with E-state index < -0.39 is 5.91 Å². The quantitative estimate of drug-likeness (QED) is 0.491. The Morgan fingerprint density at radius 1 is 1.14 bits per heavy atom. The molecule has 2 aliphatic heterocycles. The highest BCUT2D eigenvalue weighted by Gasteiger charge is 2.40. The summed E-state index contributed by atoms with van der Waals surface area (Å²) in [6.45, 7) is 6.17. The van der Waals surface area contributed by atoms with Crippen LogP contribution in [0, 0.1) is 5.92 Å². The Balaban J connectivity index is 1.33. The van der Waals surface area contributed by atoms with Gasteiger partial charge in [0.1, 0.15) is 22.8 Å². The molecular formula is C27H29N5O3. The second-order valence-corrected chi connectivity index (χ2v) is 8.98. The van der Waals surface area contributed by atoms with Crippen LogP contribution in [0.5, 0.6) is 5.75 Å². The van der Waals surface area contributed by atoms with Crippen LogP contribution in [0.4, 0.5) is 5.82 Å². The lowest BCUT2D eigenvalue weighted by Crippen LogP contribution is -2.53. The molecular weight excluding hydrogens is 442 g/mol. The molecule has 0 bridgehead atoms. The molecule has 3 aromatic rings. The molecule has 1 atom stereocenters. The van der Waals surface area contributed by atoms with Crippen molar-refractivity contribution in [1.82, 2.24) is 14.7 Å². The minimum Gasteiger partial charge on any atom is -0.493 e. The number of primary amides is 1. The highest BCUT2D eigenvalue weighted by molar-refractivity contribution is 6.03. The average Bonchev–Trinajstić information content (AvgIpc) is 3.25. The van der Waals surface area contributed by atoms with Crippen molar-refractivity contribution in [3.63, 3.8) is 0 Å². The zero-order valence-electron chi connectivity index (χ0n) is 19.5. The van der Waals surface area contributed by atoms with Crippen molar-refractivity contribution in [2.75, 3.05) is 31.6 Å². The number of carbonyl (C=O) groups excluding carboxylic acids is 2. The van der Waals surface area contributed by atoms with Crippen molar-refractivity contribution in [2.45, 2.75) is 18.9 Å². The van der Waals surface area contributed by atoms with Crippen molar-refractivity contribution < 1.29 is 14.3 Å². The molecule has 8 heteroatoms. The van der Waals surface area contributed by atoms with E-state index in [1.54, 1.807) is 4.90 Å². The molecule has 0 spiro atoms. The fourth-order valence-corrected chi connectivity index (χ4v) is 4.88. The third-order valence-corrected chi connectivity index (χ3v) is 6.77. The Bertz CT molecular complexity index is 1230. The van der Waals surface area contributed by atoms with E-state index in [2.05, 4.69) is 24.0 Å². The lowest BCUT2D eigenvalue weighted by Gasteiger charge is -2.44. The zero-order chi connectivity index (χ0) is 24.4. The number of hydrogen-bond donors (Lipinski definition) is 2. The standard InChI is InChI=1S/C27H29N5O3/c1-2-23(33)31-16-20(17-31)22-12-14-29-27-24(26(28)34)25(30-32(22)27)19-8-10-21(11-9-19)35-15-13-18-6-4-3-5-7-18/h2-11,20,22,29H,1,12-17H2,(H2,28,34). The summed E-state index contributed by atoms with van der Waals surface area (Å²) in [7, 11) is 0. The monoisotopic (exact) mass is 471 g/mol. The van der Waals surface area contributed by atoms with Gasteiger partial charge in [-0.15, -0.1) is 0 Å². The van der Waals surface area contributed by atoms with Crippen LogP contribution in [-0.4, -0.2) is 52.7 Å². The van der Waals surface area contributed by atoms with Crippen LogP contribution < -0.4 is 15.8 Å². The predicted octanol–water partition coefficient (Wildman–Crippen LogP) is 3.27. The molecule has 1 aromatic heterocycles. The van der Waals surface area contributed by atoms with Crippen molar-refractivity contribution in [1.29, 1.82) is 0 Å². The lowest BCUT2D eigenvalue weighted by atomic mass is 9.88. The Morgan fingerprint density at radius 2 is 1.89 bits per heavy atom. The van der Waals surface area contributed by atoms with Crippen molar-refractivity contribution in [3.8, 4) is 17.0 Å². The number of rotatable bonds is 8. The van der Waals surface area contributed by atoms with Crippen LogP contribution in [0.1, 0.15) is 28.4 Å². The molecule has 180 valence electrons. The topological polar surface area (TPSA) is 102 Å². The van der Waals surface area contributed by atoms with Crippen molar-refractivity contribution in [3.05, 3.63) is 78.4 Å². The molecule has 0 aliphatic carbocycles. The maximum Gasteiger partial charge on any atom is 0.254 e. The van der Waals surface area contributed by atoms with Gasteiger partial charge in [0.2, 0.25) is 5.91 Å². The van der Waals surface area contributed by atoms with E-state index in [4.69, 9.17) is 15.6 Å². The number of amides is 2. The fourth-order valence-electron chi connectivity index (χ4n) is 4.88. The van der Waals surface area contributed by atoms with E-state index in [1.807, 2.05) is 47.1 Å². The van der Waals surface area contributed by atoms with Gasteiger partial charge in [-0.3, -0.25) is 9.59 Å². The number of benzene rings is 2. The van der Waals surface area contributed by atoms with E-state index in [9.17, 15) is 9.59 Å². The number of nitrogens with zero attached hydrogens (tertiary/aromatic N) is 3. The summed E-state index contributed by atoms with van der Waals surface area (Å²) in [6, 6.07) is 17.9. The summed E-state index contributed by atoms with van der Waals surface area (Å²) in [5.41, 5.74) is 8.78. The predicted molar refractivity (Wildman–Crippen MR) is 134 cm³/mol. The van der Waals surface area contributed by atoms with Gasteiger partial charge >= 0.3 is 0 Å². The molecule has 5 rings (SSSR count). The molecule has 1 fully saturated rings. The van der Waals surface area contributed by atoms with Crippen LogP contribution in [0.2, 0.25) is 0 Å². The summed E-state index contributed by atoms with van der Waals surface area (Å²) in [4.78, 5) is 26.1. The average molecular weight is 472 g/mol. The summed E-state index contributed by atoms with van der Waals surface area (Å²) >= 11 is 0. The van der Waals surface area contributed by atoms with Gasteiger partial charge < -0.3 is 20.7 Å². The summed E-state index contributed by atoms with van der Waals surface area (Å²) in [6.07, 6.45) is 3.03. The first-order valence-electron chi connectivity index (χ1n) is 11.9. The minimum atomic E-state index is -0.519. The first-order chi connectivity index (χ1) is 17.0. The van der Waals surface area contributed by atoms with Gasteiger partial charge in [-0.1, -0.05) is 36.9 Å². The van der Waals surface area contributed by atoms with E-state index in [-0.39, 0.29) is 17.9 Å². The number of ether oxygens (including phenoxy) is 1. The van der Waals surface area contributed by atoms with E-state index in [0.29, 0.717) is 36.8 Å². The molecule has 2 aromatic carbocycles. The van der Waals surface area contributed by atoms with Crippen LogP contribution in [0.15, 0.2) is 67.3 Å². The third-order valence-electron chi connectivity index (χ3n) is 6.77. The highest BCUT2D eigenvalue weighted by Crippen LogP contribution is 2.39. The maximum atomic E-state index is 12.5. The Morgan fingerprint density at radius 3 is 2.57 bits per heavy atom. The lowest BCUT2D eigenvalue weighted by molar-refractivity contribution is -0.133. The normalized spacial score (nSPS) is 17.1. The number of carbonyl (C=O) groups is 2. The van der Waals surface area contributed by atoms with Gasteiger partial charge in [-0.25, -0.2) is 4.68 Å².